The number of aliphatic hydroxyl groups excluding tert-OH is 1. The van der Waals surface area contributed by atoms with Gasteiger partial charge in [-0.05, 0) is 28.9 Å². The van der Waals surface area contributed by atoms with E-state index >= 15 is 0 Å². The van der Waals surface area contributed by atoms with Crippen molar-refractivity contribution in [2.45, 2.75) is 61.3 Å². The van der Waals surface area contributed by atoms with E-state index < -0.39 is 0 Å². The Morgan fingerprint density at radius 2 is 1.59 bits per heavy atom. The Balaban J connectivity index is 5.39. The van der Waals surface area contributed by atoms with E-state index in [2.05, 4.69) is 41.5 Å². The minimum absolute atomic E-state index is 0.0765. The van der Waals surface area contributed by atoms with Crippen molar-refractivity contribution < 1.29 is 5.11 Å². The van der Waals surface area contributed by atoms with E-state index in [-0.39, 0.29) is 10.8 Å². The van der Waals surface area contributed by atoms with Crippen molar-refractivity contribution in [1.82, 2.24) is 0 Å². The van der Waals surface area contributed by atoms with Crippen LogP contribution in [0.2, 0.25) is 0 Å². The zero-order valence-corrected chi connectivity index (χ0v) is 13.1. The second-order valence-corrected chi connectivity index (χ2v) is 7.28. The van der Waals surface area contributed by atoms with Gasteiger partial charge < -0.3 is 5.11 Å². The second kappa shape index (κ2) is 5.95. The maximum atomic E-state index is 10.3. The molecule has 0 aromatic heterocycles. The first-order valence-corrected chi connectivity index (χ1v) is 6.64. The SMILES string of the molecule is CC/C(Cl)=C\C(=C(\O)CC(C)(C)C)C(C)(C)C. The van der Waals surface area contributed by atoms with Crippen LogP contribution in [0.3, 0.4) is 0 Å². The topological polar surface area (TPSA) is 20.2 Å². The monoisotopic (exact) mass is 258 g/mol. The highest BCUT2D eigenvalue weighted by atomic mass is 35.5. The number of hydrogen-bond donors (Lipinski definition) is 1. The molecule has 0 unspecified atom stereocenters. The molecule has 0 radical (unpaired) electrons. The zero-order chi connectivity index (χ0) is 13.9. The van der Waals surface area contributed by atoms with Crippen LogP contribution >= 0.6 is 11.6 Å². The van der Waals surface area contributed by atoms with Crippen molar-refractivity contribution in [3.8, 4) is 0 Å². The lowest BCUT2D eigenvalue weighted by Crippen LogP contribution is -2.14. The maximum Gasteiger partial charge on any atom is 0.0965 e. The molecular weight excluding hydrogens is 232 g/mol. The Bertz CT molecular complexity index is 311. The van der Waals surface area contributed by atoms with E-state index in [0.717, 1.165) is 17.0 Å². The molecule has 0 rings (SSSR count). The summed E-state index contributed by atoms with van der Waals surface area (Å²) in [5.74, 6) is 0.455. The van der Waals surface area contributed by atoms with Crippen LogP contribution in [0.25, 0.3) is 0 Å². The third-order valence-corrected chi connectivity index (χ3v) is 2.83. The van der Waals surface area contributed by atoms with E-state index in [1.807, 2.05) is 13.0 Å². The molecule has 0 aliphatic carbocycles. The van der Waals surface area contributed by atoms with E-state index in [1.165, 1.54) is 0 Å². The summed E-state index contributed by atoms with van der Waals surface area (Å²) < 4.78 is 0. The van der Waals surface area contributed by atoms with Crippen molar-refractivity contribution in [2.24, 2.45) is 10.8 Å². The summed E-state index contributed by atoms with van der Waals surface area (Å²) >= 11 is 6.10. The third-order valence-electron chi connectivity index (χ3n) is 2.46. The van der Waals surface area contributed by atoms with Crippen LogP contribution in [0.1, 0.15) is 61.3 Å². The summed E-state index contributed by atoms with van der Waals surface area (Å²) in [6.07, 6.45) is 3.39. The zero-order valence-electron chi connectivity index (χ0n) is 12.3. The van der Waals surface area contributed by atoms with Gasteiger partial charge in [0.15, 0.2) is 0 Å². The molecule has 0 bridgehead atoms. The van der Waals surface area contributed by atoms with Crippen LogP contribution in [0, 0.1) is 10.8 Å². The maximum absolute atomic E-state index is 10.3. The fourth-order valence-corrected chi connectivity index (χ4v) is 1.70. The Hall–Kier alpha value is -0.430. The van der Waals surface area contributed by atoms with Gasteiger partial charge in [0.05, 0.1) is 5.76 Å². The fourth-order valence-electron chi connectivity index (χ4n) is 1.59. The van der Waals surface area contributed by atoms with Crippen LogP contribution in [0.15, 0.2) is 22.4 Å². The summed E-state index contributed by atoms with van der Waals surface area (Å²) in [4.78, 5) is 0. The summed E-state index contributed by atoms with van der Waals surface area (Å²) in [7, 11) is 0. The molecule has 2 heteroatoms. The van der Waals surface area contributed by atoms with Crippen molar-refractivity contribution >= 4 is 11.6 Å². The molecule has 17 heavy (non-hydrogen) atoms. The Morgan fingerprint density at radius 3 is 1.88 bits per heavy atom. The van der Waals surface area contributed by atoms with Gasteiger partial charge >= 0.3 is 0 Å². The molecular formula is C15H27ClO. The molecule has 0 spiro atoms. The van der Waals surface area contributed by atoms with Gasteiger partial charge in [-0.15, -0.1) is 0 Å². The van der Waals surface area contributed by atoms with Gasteiger partial charge in [-0.3, -0.25) is 0 Å². The molecule has 0 fully saturated rings. The molecule has 0 aliphatic heterocycles. The van der Waals surface area contributed by atoms with E-state index in [4.69, 9.17) is 11.6 Å². The third kappa shape index (κ3) is 6.78. The molecule has 0 saturated heterocycles. The predicted octanol–water partition coefficient (Wildman–Crippen LogP) is 5.81. The lowest BCUT2D eigenvalue weighted by Gasteiger charge is -2.26. The van der Waals surface area contributed by atoms with Gasteiger partial charge in [0.1, 0.15) is 0 Å². The van der Waals surface area contributed by atoms with Crippen molar-refractivity contribution in [3.05, 3.63) is 22.4 Å². The van der Waals surface area contributed by atoms with Crippen molar-refractivity contribution in [2.75, 3.05) is 0 Å². The van der Waals surface area contributed by atoms with Gasteiger partial charge in [0, 0.05) is 11.5 Å². The number of aliphatic hydroxyl groups is 1. The number of halogens is 1. The lowest BCUT2D eigenvalue weighted by atomic mass is 9.81. The highest BCUT2D eigenvalue weighted by molar-refractivity contribution is 6.29. The summed E-state index contributed by atoms with van der Waals surface area (Å²) in [5, 5.41) is 11.1. The minimum Gasteiger partial charge on any atom is -0.512 e. The van der Waals surface area contributed by atoms with Crippen LogP contribution in [0.4, 0.5) is 0 Å². The van der Waals surface area contributed by atoms with Gasteiger partial charge in [-0.25, -0.2) is 0 Å². The highest BCUT2D eigenvalue weighted by Gasteiger charge is 2.23. The number of rotatable bonds is 3. The highest BCUT2D eigenvalue weighted by Crippen LogP contribution is 2.34. The quantitative estimate of drug-likeness (QED) is 0.500. The Kier molecular flexibility index (Phi) is 5.80. The smallest absolute Gasteiger partial charge is 0.0965 e. The first kappa shape index (κ1) is 16.6. The van der Waals surface area contributed by atoms with Gasteiger partial charge in [0.25, 0.3) is 0 Å². The molecule has 0 aromatic rings. The predicted molar refractivity (Wildman–Crippen MR) is 77.4 cm³/mol. The van der Waals surface area contributed by atoms with Crippen molar-refractivity contribution in [1.29, 1.82) is 0 Å². The molecule has 0 amide bonds. The average molecular weight is 259 g/mol. The normalized spacial score (nSPS) is 15.9. The first-order chi connectivity index (χ1) is 7.47. The standard InChI is InChI=1S/C15H27ClO/c1-8-11(16)9-12(15(5,6)7)13(17)10-14(2,3)4/h9,17H,8,10H2,1-7H3/b11-9+,13-12-. The van der Waals surface area contributed by atoms with E-state index in [0.29, 0.717) is 12.2 Å². The van der Waals surface area contributed by atoms with Gasteiger partial charge in [-0.1, -0.05) is 60.1 Å². The van der Waals surface area contributed by atoms with E-state index in [1.54, 1.807) is 0 Å². The molecule has 0 atom stereocenters. The number of allylic oxidation sites excluding steroid dienone is 4. The molecule has 0 saturated carbocycles. The second-order valence-electron chi connectivity index (χ2n) is 6.79. The summed E-state index contributed by atoms with van der Waals surface area (Å²) in [5.41, 5.74) is 0.928. The molecule has 0 heterocycles. The molecule has 100 valence electrons. The largest absolute Gasteiger partial charge is 0.512 e. The molecule has 0 aromatic carbocycles. The van der Waals surface area contributed by atoms with Gasteiger partial charge in [0.2, 0.25) is 0 Å². The minimum atomic E-state index is -0.0926. The fraction of sp³-hybridized carbons (Fsp3) is 0.733. The van der Waals surface area contributed by atoms with Gasteiger partial charge in [-0.2, -0.15) is 0 Å². The molecule has 1 N–H and O–H groups in total. The summed E-state index contributed by atoms with van der Waals surface area (Å²) in [6, 6.07) is 0. The van der Waals surface area contributed by atoms with Crippen LogP contribution in [0.5, 0.6) is 0 Å². The lowest BCUT2D eigenvalue weighted by molar-refractivity contribution is 0.290. The Labute approximate surface area is 112 Å². The van der Waals surface area contributed by atoms with E-state index in [9.17, 15) is 5.11 Å². The average Bonchev–Trinajstić information content (AvgIpc) is 2.08. The molecule has 0 aliphatic rings. The van der Waals surface area contributed by atoms with Crippen LogP contribution in [-0.2, 0) is 0 Å². The summed E-state index contributed by atoms with van der Waals surface area (Å²) in [6.45, 7) is 14.7. The molecule has 1 nitrogen and oxygen atoms in total. The Morgan fingerprint density at radius 1 is 1.12 bits per heavy atom. The van der Waals surface area contributed by atoms with Crippen LogP contribution in [-0.4, -0.2) is 5.11 Å². The first-order valence-electron chi connectivity index (χ1n) is 6.26. The number of hydrogen-bond acceptors (Lipinski definition) is 1. The van der Waals surface area contributed by atoms with Crippen LogP contribution < -0.4 is 0 Å². The van der Waals surface area contributed by atoms with Crippen molar-refractivity contribution in [3.63, 3.8) is 0 Å².